The lowest BCUT2D eigenvalue weighted by Crippen LogP contribution is -2.50. The molecule has 1 aliphatic carbocycles. The second-order valence-electron chi connectivity index (χ2n) is 6.41. The Morgan fingerprint density at radius 3 is 2.67 bits per heavy atom. The number of piperidine rings is 1. The van der Waals surface area contributed by atoms with E-state index in [1.807, 2.05) is 12.1 Å². The average molecular weight is 327 g/mol. The van der Waals surface area contributed by atoms with Crippen LogP contribution >= 0.6 is 23.2 Å². The van der Waals surface area contributed by atoms with Gasteiger partial charge in [-0.15, -0.1) is 0 Å². The molecule has 0 spiro atoms. The lowest BCUT2D eigenvalue weighted by molar-refractivity contribution is 0.0276. The molecular formula is C17H24Cl2N2. The highest BCUT2D eigenvalue weighted by Crippen LogP contribution is 2.40. The molecule has 3 rings (SSSR count). The van der Waals surface area contributed by atoms with Crippen molar-refractivity contribution < 1.29 is 0 Å². The van der Waals surface area contributed by atoms with E-state index < -0.39 is 0 Å². The van der Waals surface area contributed by atoms with E-state index in [1.165, 1.54) is 38.5 Å². The summed E-state index contributed by atoms with van der Waals surface area (Å²) in [5.74, 6) is 0.854. The van der Waals surface area contributed by atoms with Crippen LogP contribution < -0.4 is 5.73 Å². The molecule has 0 radical (unpaired) electrons. The predicted octanol–water partition coefficient (Wildman–Crippen LogP) is 4.65. The third kappa shape index (κ3) is 3.24. The SMILES string of the molecule is NCC(c1ccc(Cl)cc1Cl)N1CCC[C@H]2CCCC[C@H]21. The van der Waals surface area contributed by atoms with E-state index in [0.29, 0.717) is 17.6 Å². The van der Waals surface area contributed by atoms with Gasteiger partial charge < -0.3 is 5.73 Å². The van der Waals surface area contributed by atoms with Crippen LogP contribution in [0.15, 0.2) is 18.2 Å². The number of hydrogen-bond donors (Lipinski definition) is 1. The quantitative estimate of drug-likeness (QED) is 0.876. The summed E-state index contributed by atoms with van der Waals surface area (Å²) < 4.78 is 0. The second-order valence-corrected chi connectivity index (χ2v) is 7.25. The lowest BCUT2D eigenvalue weighted by atomic mass is 9.77. The van der Waals surface area contributed by atoms with Crippen molar-refractivity contribution >= 4 is 23.2 Å². The van der Waals surface area contributed by atoms with E-state index >= 15 is 0 Å². The van der Waals surface area contributed by atoms with E-state index in [2.05, 4.69) is 11.0 Å². The number of likely N-dealkylation sites (tertiary alicyclic amines) is 1. The van der Waals surface area contributed by atoms with Gasteiger partial charge in [0.15, 0.2) is 0 Å². The molecule has 0 aromatic heterocycles. The topological polar surface area (TPSA) is 29.3 Å². The van der Waals surface area contributed by atoms with Crippen molar-refractivity contribution in [3.05, 3.63) is 33.8 Å². The summed E-state index contributed by atoms with van der Waals surface area (Å²) in [5, 5.41) is 1.43. The Balaban J connectivity index is 1.87. The van der Waals surface area contributed by atoms with Gasteiger partial charge in [-0.1, -0.05) is 42.1 Å². The van der Waals surface area contributed by atoms with Gasteiger partial charge in [0.25, 0.3) is 0 Å². The van der Waals surface area contributed by atoms with Crippen molar-refractivity contribution in [1.29, 1.82) is 0 Å². The highest BCUT2D eigenvalue weighted by atomic mass is 35.5. The highest BCUT2D eigenvalue weighted by molar-refractivity contribution is 6.35. The summed E-state index contributed by atoms with van der Waals surface area (Å²) in [4.78, 5) is 2.63. The number of hydrogen-bond acceptors (Lipinski definition) is 2. The maximum atomic E-state index is 6.43. The summed E-state index contributed by atoms with van der Waals surface area (Å²) in [5.41, 5.74) is 7.27. The normalized spacial score (nSPS) is 28.1. The fourth-order valence-corrected chi connectivity index (χ4v) is 4.80. The minimum absolute atomic E-state index is 0.223. The minimum Gasteiger partial charge on any atom is -0.329 e. The molecule has 0 bridgehead atoms. The molecule has 1 aromatic carbocycles. The van der Waals surface area contributed by atoms with E-state index in [0.717, 1.165) is 23.0 Å². The molecule has 1 saturated carbocycles. The molecule has 2 N–H and O–H groups in total. The van der Waals surface area contributed by atoms with Gasteiger partial charge in [-0.05, 0) is 55.8 Å². The van der Waals surface area contributed by atoms with Gasteiger partial charge in [0.05, 0.1) is 0 Å². The van der Waals surface area contributed by atoms with E-state index in [1.54, 1.807) is 0 Å². The van der Waals surface area contributed by atoms with Crippen LogP contribution in [-0.4, -0.2) is 24.0 Å². The van der Waals surface area contributed by atoms with Crippen molar-refractivity contribution in [3.8, 4) is 0 Å². The maximum Gasteiger partial charge on any atom is 0.0488 e. The molecule has 4 heteroatoms. The number of nitrogens with two attached hydrogens (primary N) is 1. The largest absolute Gasteiger partial charge is 0.329 e. The van der Waals surface area contributed by atoms with Crippen molar-refractivity contribution in [2.45, 2.75) is 50.6 Å². The highest BCUT2D eigenvalue weighted by Gasteiger charge is 2.37. The number of fused-ring (bicyclic) bond motifs is 1. The van der Waals surface area contributed by atoms with E-state index in [-0.39, 0.29) is 6.04 Å². The molecule has 1 unspecified atom stereocenters. The van der Waals surface area contributed by atoms with Crippen LogP contribution in [0, 0.1) is 5.92 Å². The molecule has 2 aliphatic rings. The Hall–Kier alpha value is -0.280. The lowest BCUT2D eigenvalue weighted by Gasteiger charge is -2.47. The average Bonchev–Trinajstić information content (AvgIpc) is 2.50. The number of nitrogens with zero attached hydrogens (tertiary/aromatic N) is 1. The molecule has 1 saturated heterocycles. The van der Waals surface area contributed by atoms with Gasteiger partial charge in [-0.3, -0.25) is 4.90 Å². The van der Waals surface area contributed by atoms with Gasteiger partial charge in [-0.25, -0.2) is 0 Å². The molecule has 2 nitrogen and oxygen atoms in total. The molecule has 0 amide bonds. The molecular weight excluding hydrogens is 303 g/mol. The van der Waals surface area contributed by atoms with Crippen LogP contribution in [0.4, 0.5) is 0 Å². The number of halogens is 2. The summed E-state index contributed by atoms with van der Waals surface area (Å²) in [6.07, 6.45) is 8.10. The fourth-order valence-electron chi connectivity index (χ4n) is 4.26. The maximum absolute atomic E-state index is 6.43. The summed E-state index contributed by atoms with van der Waals surface area (Å²) in [6.45, 7) is 1.76. The molecule has 116 valence electrons. The monoisotopic (exact) mass is 326 g/mol. The zero-order chi connectivity index (χ0) is 14.8. The molecule has 21 heavy (non-hydrogen) atoms. The first kappa shape index (κ1) is 15.6. The Bertz CT molecular complexity index is 490. The predicted molar refractivity (Wildman–Crippen MR) is 89.9 cm³/mol. The Morgan fingerprint density at radius 2 is 1.90 bits per heavy atom. The van der Waals surface area contributed by atoms with Crippen LogP contribution in [0.25, 0.3) is 0 Å². The standard InChI is InChI=1S/C17H24Cl2N2/c18-13-7-8-14(15(19)10-13)17(11-20)21-9-3-5-12-4-1-2-6-16(12)21/h7-8,10,12,16-17H,1-6,9,11,20H2/t12-,16-,17?/m1/s1. The molecule has 1 aliphatic heterocycles. The fraction of sp³-hybridized carbons (Fsp3) is 0.647. The smallest absolute Gasteiger partial charge is 0.0488 e. The zero-order valence-corrected chi connectivity index (χ0v) is 13.9. The Labute approximate surface area is 137 Å². The van der Waals surface area contributed by atoms with Crippen LogP contribution in [0.2, 0.25) is 10.0 Å². The van der Waals surface area contributed by atoms with Gasteiger partial charge in [0.2, 0.25) is 0 Å². The first-order valence-corrected chi connectivity index (χ1v) is 8.87. The van der Waals surface area contributed by atoms with Crippen LogP contribution in [0.3, 0.4) is 0 Å². The van der Waals surface area contributed by atoms with E-state index in [9.17, 15) is 0 Å². The summed E-state index contributed by atoms with van der Waals surface area (Å²) >= 11 is 12.5. The van der Waals surface area contributed by atoms with E-state index in [4.69, 9.17) is 28.9 Å². The third-order valence-electron chi connectivity index (χ3n) is 5.23. The van der Waals surface area contributed by atoms with Crippen molar-refractivity contribution in [3.63, 3.8) is 0 Å². The van der Waals surface area contributed by atoms with Gasteiger partial charge in [0, 0.05) is 28.7 Å². The zero-order valence-electron chi connectivity index (χ0n) is 12.4. The number of rotatable bonds is 3. The molecule has 3 atom stereocenters. The molecule has 1 heterocycles. The van der Waals surface area contributed by atoms with Crippen molar-refractivity contribution in [2.24, 2.45) is 11.7 Å². The van der Waals surface area contributed by atoms with Gasteiger partial charge in [0.1, 0.15) is 0 Å². The first-order chi connectivity index (χ1) is 10.2. The first-order valence-electron chi connectivity index (χ1n) is 8.11. The van der Waals surface area contributed by atoms with Crippen molar-refractivity contribution in [1.82, 2.24) is 4.90 Å². The van der Waals surface area contributed by atoms with Crippen molar-refractivity contribution in [2.75, 3.05) is 13.1 Å². The summed E-state index contributed by atoms with van der Waals surface area (Å²) in [7, 11) is 0. The van der Waals surface area contributed by atoms with Crippen LogP contribution in [0.5, 0.6) is 0 Å². The Morgan fingerprint density at radius 1 is 1.14 bits per heavy atom. The molecule has 1 aromatic rings. The Kier molecular flexibility index (Phi) is 5.11. The third-order valence-corrected chi connectivity index (χ3v) is 5.79. The van der Waals surface area contributed by atoms with Gasteiger partial charge >= 0.3 is 0 Å². The number of benzene rings is 1. The van der Waals surface area contributed by atoms with Crippen LogP contribution in [0.1, 0.15) is 50.1 Å². The van der Waals surface area contributed by atoms with Crippen LogP contribution in [-0.2, 0) is 0 Å². The minimum atomic E-state index is 0.223. The summed E-state index contributed by atoms with van der Waals surface area (Å²) in [6, 6.07) is 6.72. The second kappa shape index (κ2) is 6.87. The van der Waals surface area contributed by atoms with Gasteiger partial charge in [-0.2, -0.15) is 0 Å². The molecule has 2 fully saturated rings.